The number of carbonyl (C=O) groups is 1. The average Bonchev–Trinajstić information content (AvgIpc) is 2.42. The van der Waals surface area contributed by atoms with E-state index in [1.807, 2.05) is 55.6 Å². The van der Waals surface area contributed by atoms with Crippen LogP contribution < -0.4 is 5.32 Å². The molecule has 0 spiro atoms. The zero-order chi connectivity index (χ0) is 13.0. The maximum Gasteiger partial charge on any atom is 0.131 e. The summed E-state index contributed by atoms with van der Waals surface area (Å²) in [5, 5.41) is 3.12. The molecule has 92 valence electrons. The monoisotopic (exact) mass is 303 g/mol. The Morgan fingerprint density at radius 1 is 1.11 bits per heavy atom. The van der Waals surface area contributed by atoms with Crippen molar-refractivity contribution in [3.05, 3.63) is 64.1 Å². The summed E-state index contributed by atoms with van der Waals surface area (Å²) >= 11 is 3.40. The summed E-state index contributed by atoms with van der Waals surface area (Å²) < 4.78 is 1.01. The minimum atomic E-state index is -0.234. The van der Waals surface area contributed by atoms with E-state index >= 15 is 0 Å². The van der Waals surface area contributed by atoms with E-state index in [2.05, 4.69) is 21.2 Å². The van der Waals surface area contributed by atoms with Crippen LogP contribution in [0.3, 0.4) is 0 Å². The number of hydrogen-bond donors (Lipinski definition) is 1. The van der Waals surface area contributed by atoms with Gasteiger partial charge in [-0.15, -0.1) is 0 Å². The fourth-order valence-corrected chi connectivity index (χ4v) is 2.26. The van der Waals surface area contributed by atoms with Crippen LogP contribution >= 0.6 is 15.9 Å². The Morgan fingerprint density at radius 3 is 2.39 bits per heavy atom. The molecule has 18 heavy (non-hydrogen) atoms. The zero-order valence-corrected chi connectivity index (χ0v) is 11.6. The predicted octanol–water partition coefficient (Wildman–Crippen LogP) is 3.82. The zero-order valence-electron chi connectivity index (χ0n) is 10.1. The van der Waals surface area contributed by atoms with Gasteiger partial charge in [0, 0.05) is 17.2 Å². The molecule has 3 heteroatoms. The van der Waals surface area contributed by atoms with Crippen LogP contribution in [-0.4, -0.2) is 13.3 Å². The van der Waals surface area contributed by atoms with Gasteiger partial charge in [-0.1, -0.05) is 46.3 Å². The third-order valence-corrected chi connectivity index (χ3v) is 3.46. The third kappa shape index (κ3) is 2.62. The van der Waals surface area contributed by atoms with Crippen LogP contribution in [0.4, 0.5) is 5.69 Å². The first kappa shape index (κ1) is 12.8. The Hall–Kier alpha value is -1.61. The van der Waals surface area contributed by atoms with Crippen molar-refractivity contribution in [2.24, 2.45) is 0 Å². The molecule has 0 aliphatic carbocycles. The van der Waals surface area contributed by atoms with Crippen molar-refractivity contribution in [1.29, 1.82) is 0 Å². The van der Waals surface area contributed by atoms with Gasteiger partial charge < -0.3 is 10.1 Å². The molecular formula is C15H14BrNO. The maximum absolute atomic E-state index is 11.4. The highest BCUT2D eigenvalue weighted by molar-refractivity contribution is 9.10. The van der Waals surface area contributed by atoms with Crippen LogP contribution in [-0.2, 0) is 4.79 Å². The lowest BCUT2D eigenvalue weighted by atomic mass is 9.91. The van der Waals surface area contributed by atoms with Gasteiger partial charge in [0.15, 0.2) is 0 Å². The molecule has 0 bridgehead atoms. The van der Waals surface area contributed by atoms with E-state index in [-0.39, 0.29) is 5.92 Å². The van der Waals surface area contributed by atoms with Crippen molar-refractivity contribution in [1.82, 2.24) is 0 Å². The lowest BCUT2D eigenvalue weighted by molar-refractivity contribution is -0.108. The minimum Gasteiger partial charge on any atom is -0.388 e. The lowest BCUT2D eigenvalue weighted by Crippen LogP contribution is -2.05. The van der Waals surface area contributed by atoms with Gasteiger partial charge in [0.1, 0.15) is 6.29 Å². The number of nitrogens with one attached hydrogen (secondary N) is 1. The summed E-state index contributed by atoms with van der Waals surface area (Å²) in [6, 6.07) is 15.7. The SMILES string of the molecule is CNc1ccccc1C(C=O)c1ccc(Br)cc1. The van der Waals surface area contributed by atoms with Gasteiger partial charge in [-0.2, -0.15) is 0 Å². The fraction of sp³-hybridized carbons (Fsp3) is 0.133. The average molecular weight is 304 g/mol. The predicted molar refractivity (Wildman–Crippen MR) is 78.0 cm³/mol. The number of aldehydes is 1. The summed E-state index contributed by atoms with van der Waals surface area (Å²) in [6.45, 7) is 0. The fourth-order valence-electron chi connectivity index (χ4n) is 2.00. The van der Waals surface area contributed by atoms with Gasteiger partial charge in [-0.05, 0) is 29.3 Å². The summed E-state index contributed by atoms with van der Waals surface area (Å²) in [4.78, 5) is 11.4. The molecule has 0 aliphatic rings. The molecule has 1 unspecified atom stereocenters. The molecule has 0 aromatic heterocycles. The van der Waals surface area contributed by atoms with Crippen molar-refractivity contribution >= 4 is 27.9 Å². The van der Waals surface area contributed by atoms with E-state index in [1.54, 1.807) is 0 Å². The first-order chi connectivity index (χ1) is 8.76. The Labute approximate surface area is 115 Å². The molecule has 2 nitrogen and oxygen atoms in total. The number of anilines is 1. The van der Waals surface area contributed by atoms with E-state index in [9.17, 15) is 4.79 Å². The molecule has 1 N–H and O–H groups in total. The van der Waals surface area contributed by atoms with Gasteiger partial charge in [0.05, 0.1) is 5.92 Å². The Kier molecular flexibility index (Phi) is 4.15. The summed E-state index contributed by atoms with van der Waals surface area (Å²) in [6.07, 6.45) is 0.986. The molecule has 0 saturated carbocycles. The van der Waals surface area contributed by atoms with E-state index in [0.29, 0.717) is 0 Å². The molecule has 0 amide bonds. The normalized spacial score (nSPS) is 11.9. The Bertz CT molecular complexity index is 536. The van der Waals surface area contributed by atoms with Gasteiger partial charge in [-0.25, -0.2) is 0 Å². The third-order valence-electron chi connectivity index (χ3n) is 2.93. The van der Waals surface area contributed by atoms with Crippen molar-refractivity contribution in [3.63, 3.8) is 0 Å². The highest BCUT2D eigenvalue weighted by Gasteiger charge is 2.15. The summed E-state index contributed by atoms with van der Waals surface area (Å²) in [5.74, 6) is -0.234. The van der Waals surface area contributed by atoms with Gasteiger partial charge in [0.25, 0.3) is 0 Å². The van der Waals surface area contributed by atoms with Crippen molar-refractivity contribution in [3.8, 4) is 0 Å². The molecule has 0 radical (unpaired) electrons. The molecule has 1 atom stereocenters. The number of carbonyl (C=O) groups excluding carboxylic acids is 1. The van der Waals surface area contributed by atoms with Crippen LogP contribution in [0.25, 0.3) is 0 Å². The Morgan fingerprint density at radius 2 is 1.78 bits per heavy atom. The van der Waals surface area contributed by atoms with Crippen molar-refractivity contribution in [2.75, 3.05) is 12.4 Å². The van der Waals surface area contributed by atoms with Crippen LogP contribution in [0, 0.1) is 0 Å². The second kappa shape index (κ2) is 5.83. The lowest BCUT2D eigenvalue weighted by Gasteiger charge is -2.15. The molecule has 0 aliphatic heterocycles. The van der Waals surface area contributed by atoms with Gasteiger partial charge in [0.2, 0.25) is 0 Å². The topological polar surface area (TPSA) is 29.1 Å². The molecule has 2 rings (SSSR count). The molecule has 2 aromatic carbocycles. The number of benzene rings is 2. The molecule has 2 aromatic rings. The maximum atomic E-state index is 11.4. The molecule has 0 heterocycles. The number of hydrogen-bond acceptors (Lipinski definition) is 2. The molecule has 0 saturated heterocycles. The summed E-state index contributed by atoms with van der Waals surface area (Å²) in [7, 11) is 1.86. The largest absolute Gasteiger partial charge is 0.388 e. The molecule has 0 fully saturated rings. The first-order valence-electron chi connectivity index (χ1n) is 5.73. The Balaban J connectivity index is 2.45. The van der Waals surface area contributed by atoms with Crippen molar-refractivity contribution in [2.45, 2.75) is 5.92 Å². The smallest absolute Gasteiger partial charge is 0.131 e. The first-order valence-corrected chi connectivity index (χ1v) is 6.53. The van der Waals surface area contributed by atoms with Crippen LogP contribution in [0.5, 0.6) is 0 Å². The standard InChI is InChI=1S/C15H14BrNO/c1-17-15-5-3-2-4-13(15)14(10-18)11-6-8-12(16)9-7-11/h2-10,14,17H,1H3. The summed E-state index contributed by atoms with van der Waals surface area (Å²) in [5.41, 5.74) is 2.98. The van der Waals surface area contributed by atoms with Crippen LogP contribution in [0.2, 0.25) is 0 Å². The van der Waals surface area contributed by atoms with Crippen LogP contribution in [0.15, 0.2) is 53.0 Å². The van der Waals surface area contributed by atoms with E-state index in [4.69, 9.17) is 0 Å². The van der Waals surface area contributed by atoms with E-state index in [0.717, 1.165) is 27.6 Å². The van der Waals surface area contributed by atoms with E-state index in [1.165, 1.54) is 0 Å². The second-order valence-corrected chi connectivity index (χ2v) is 4.92. The van der Waals surface area contributed by atoms with Crippen molar-refractivity contribution < 1.29 is 4.79 Å². The minimum absolute atomic E-state index is 0.234. The number of rotatable bonds is 4. The van der Waals surface area contributed by atoms with Gasteiger partial charge in [-0.3, -0.25) is 0 Å². The van der Waals surface area contributed by atoms with Gasteiger partial charge >= 0.3 is 0 Å². The second-order valence-electron chi connectivity index (χ2n) is 4.00. The van der Waals surface area contributed by atoms with E-state index < -0.39 is 0 Å². The highest BCUT2D eigenvalue weighted by Crippen LogP contribution is 2.29. The number of halogens is 1. The highest BCUT2D eigenvalue weighted by atomic mass is 79.9. The number of para-hydroxylation sites is 1. The quantitative estimate of drug-likeness (QED) is 0.870. The molecular weight excluding hydrogens is 290 g/mol. The van der Waals surface area contributed by atoms with Crippen LogP contribution in [0.1, 0.15) is 17.0 Å².